The van der Waals surface area contributed by atoms with E-state index in [1.165, 1.54) is 0 Å². The summed E-state index contributed by atoms with van der Waals surface area (Å²) in [5.74, 6) is 0. The first kappa shape index (κ1) is 7.95. The summed E-state index contributed by atoms with van der Waals surface area (Å²) < 4.78 is 0. The lowest BCUT2D eigenvalue weighted by atomic mass is 10.1. The highest BCUT2D eigenvalue weighted by molar-refractivity contribution is 5.96. The Morgan fingerprint density at radius 1 is 1.36 bits per heavy atom. The number of nitrogens with one attached hydrogen (secondary N) is 1. The molecule has 0 heterocycles. The fourth-order valence-corrected chi connectivity index (χ4v) is 0.860. The van der Waals surface area contributed by atoms with E-state index in [0.717, 1.165) is 11.1 Å². The molecule has 0 radical (unpaired) electrons. The van der Waals surface area contributed by atoms with Gasteiger partial charge in [0.2, 0.25) is 0 Å². The van der Waals surface area contributed by atoms with E-state index in [4.69, 9.17) is 10.5 Å². The Morgan fingerprint density at radius 3 is 2.27 bits per heavy atom. The van der Waals surface area contributed by atoms with E-state index in [1.54, 1.807) is 6.92 Å². The van der Waals surface area contributed by atoms with Crippen LogP contribution < -0.4 is 0 Å². The molecular weight excluding hydrogens is 138 g/mol. The van der Waals surface area contributed by atoms with E-state index in [-0.39, 0.29) is 6.61 Å². The molecule has 1 aromatic carbocycles. The van der Waals surface area contributed by atoms with Gasteiger partial charge in [-0.3, -0.25) is 0 Å². The van der Waals surface area contributed by atoms with Gasteiger partial charge >= 0.3 is 0 Å². The molecule has 0 fully saturated rings. The molecule has 11 heavy (non-hydrogen) atoms. The zero-order valence-electron chi connectivity index (χ0n) is 6.46. The topological polar surface area (TPSA) is 44.1 Å². The van der Waals surface area contributed by atoms with Crippen molar-refractivity contribution in [3.8, 4) is 0 Å². The van der Waals surface area contributed by atoms with Gasteiger partial charge in [0.05, 0.1) is 6.61 Å². The third kappa shape index (κ3) is 1.88. The number of benzene rings is 1. The molecule has 0 aliphatic rings. The standard InChI is InChI=1S/C9H11NO/c1-7(10)9-4-2-8(6-11)3-5-9/h2-5,10-11H,6H2,1H3. The number of hydrogen-bond acceptors (Lipinski definition) is 2. The Bertz CT molecular complexity index is 251. The summed E-state index contributed by atoms with van der Waals surface area (Å²) in [6.45, 7) is 1.81. The Balaban J connectivity index is 2.91. The van der Waals surface area contributed by atoms with Crippen molar-refractivity contribution < 1.29 is 5.11 Å². The molecule has 2 heteroatoms. The molecule has 0 unspecified atom stereocenters. The largest absolute Gasteiger partial charge is 0.392 e. The lowest BCUT2D eigenvalue weighted by Gasteiger charge is -1.98. The molecule has 2 nitrogen and oxygen atoms in total. The molecule has 0 amide bonds. The van der Waals surface area contributed by atoms with Gasteiger partial charge in [-0.2, -0.15) is 0 Å². The Hall–Kier alpha value is -1.15. The fourth-order valence-electron chi connectivity index (χ4n) is 0.860. The molecule has 1 aromatic rings. The maximum absolute atomic E-state index is 8.71. The van der Waals surface area contributed by atoms with Crippen LogP contribution in [0.5, 0.6) is 0 Å². The van der Waals surface area contributed by atoms with Gasteiger partial charge < -0.3 is 10.5 Å². The zero-order valence-corrected chi connectivity index (χ0v) is 6.46. The van der Waals surface area contributed by atoms with Crippen LogP contribution in [-0.4, -0.2) is 10.8 Å². The smallest absolute Gasteiger partial charge is 0.0681 e. The van der Waals surface area contributed by atoms with Crippen LogP contribution in [0, 0.1) is 5.41 Å². The van der Waals surface area contributed by atoms with Crippen LogP contribution in [0.3, 0.4) is 0 Å². The minimum absolute atomic E-state index is 0.0668. The van der Waals surface area contributed by atoms with E-state index < -0.39 is 0 Å². The predicted octanol–water partition coefficient (Wildman–Crippen LogP) is 1.57. The second-order valence-corrected chi connectivity index (χ2v) is 2.48. The lowest BCUT2D eigenvalue weighted by molar-refractivity contribution is 0.282. The molecule has 0 atom stereocenters. The van der Waals surface area contributed by atoms with Gasteiger partial charge in [-0.1, -0.05) is 24.3 Å². The van der Waals surface area contributed by atoms with Crippen molar-refractivity contribution in [1.82, 2.24) is 0 Å². The van der Waals surface area contributed by atoms with Gasteiger partial charge in [0.15, 0.2) is 0 Å². The summed E-state index contributed by atoms with van der Waals surface area (Å²) in [5, 5.41) is 16.0. The molecule has 0 aliphatic heterocycles. The average molecular weight is 149 g/mol. The highest BCUT2D eigenvalue weighted by Gasteiger charge is 1.93. The normalized spacial score (nSPS) is 9.64. The molecule has 0 aliphatic carbocycles. The highest BCUT2D eigenvalue weighted by atomic mass is 16.3. The van der Waals surface area contributed by atoms with Crippen LogP contribution >= 0.6 is 0 Å². The number of hydrogen-bond donors (Lipinski definition) is 2. The summed E-state index contributed by atoms with van der Waals surface area (Å²) in [5.41, 5.74) is 2.34. The molecule has 0 saturated carbocycles. The third-order valence-corrected chi connectivity index (χ3v) is 1.57. The van der Waals surface area contributed by atoms with Crippen LogP contribution in [0.15, 0.2) is 24.3 Å². The zero-order chi connectivity index (χ0) is 8.27. The molecule has 2 N–H and O–H groups in total. The van der Waals surface area contributed by atoms with Crippen LogP contribution in [0.2, 0.25) is 0 Å². The van der Waals surface area contributed by atoms with Gasteiger partial charge in [-0.05, 0) is 18.1 Å². The Kier molecular flexibility index (Phi) is 2.39. The van der Waals surface area contributed by atoms with E-state index in [2.05, 4.69) is 0 Å². The van der Waals surface area contributed by atoms with E-state index in [0.29, 0.717) is 5.71 Å². The molecule has 0 saturated heterocycles. The summed E-state index contributed by atoms with van der Waals surface area (Å²) in [6, 6.07) is 7.34. The fraction of sp³-hybridized carbons (Fsp3) is 0.222. The van der Waals surface area contributed by atoms with Crippen molar-refractivity contribution in [1.29, 1.82) is 5.41 Å². The summed E-state index contributed by atoms with van der Waals surface area (Å²) in [7, 11) is 0. The quantitative estimate of drug-likeness (QED) is 0.616. The molecule has 0 aromatic heterocycles. The Labute approximate surface area is 66.0 Å². The lowest BCUT2D eigenvalue weighted by Crippen LogP contribution is -1.91. The molecular formula is C9H11NO. The van der Waals surface area contributed by atoms with Crippen molar-refractivity contribution in [2.75, 3.05) is 0 Å². The SMILES string of the molecule is CC(=N)c1ccc(CO)cc1. The summed E-state index contributed by atoms with van der Waals surface area (Å²) in [6.07, 6.45) is 0. The van der Waals surface area contributed by atoms with Crippen LogP contribution in [0.25, 0.3) is 0 Å². The minimum Gasteiger partial charge on any atom is -0.392 e. The Morgan fingerprint density at radius 2 is 1.91 bits per heavy atom. The van der Waals surface area contributed by atoms with Gasteiger partial charge in [-0.25, -0.2) is 0 Å². The van der Waals surface area contributed by atoms with Crippen LogP contribution in [0.1, 0.15) is 18.1 Å². The predicted molar refractivity (Wildman–Crippen MR) is 44.9 cm³/mol. The highest BCUT2D eigenvalue weighted by Crippen LogP contribution is 2.04. The van der Waals surface area contributed by atoms with E-state index >= 15 is 0 Å². The second-order valence-electron chi connectivity index (χ2n) is 2.48. The van der Waals surface area contributed by atoms with Crippen molar-refractivity contribution in [2.45, 2.75) is 13.5 Å². The number of aliphatic hydroxyl groups excluding tert-OH is 1. The summed E-state index contributed by atoms with van der Waals surface area (Å²) >= 11 is 0. The van der Waals surface area contributed by atoms with Crippen LogP contribution in [-0.2, 0) is 6.61 Å². The van der Waals surface area contributed by atoms with Gasteiger partial charge in [0.1, 0.15) is 0 Å². The number of rotatable bonds is 2. The van der Waals surface area contributed by atoms with Crippen molar-refractivity contribution in [3.63, 3.8) is 0 Å². The first-order valence-corrected chi connectivity index (χ1v) is 3.49. The van der Waals surface area contributed by atoms with E-state index in [9.17, 15) is 0 Å². The summed E-state index contributed by atoms with van der Waals surface area (Å²) in [4.78, 5) is 0. The molecule has 0 spiro atoms. The van der Waals surface area contributed by atoms with E-state index in [1.807, 2.05) is 24.3 Å². The first-order chi connectivity index (χ1) is 5.24. The van der Waals surface area contributed by atoms with Gasteiger partial charge in [0, 0.05) is 5.71 Å². The average Bonchev–Trinajstić information content (AvgIpc) is 2.05. The first-order valence-electron chi connectivity index (χ1n) is 3.49. The van der Waals surface area contributed by atoms with Crippen molar-refractivity contribution >= 4 is 5.71 Å². The maximum atomic E-state index is 8.71. The van der Waals surface area contributed by atoms with Gasteiger partial charge in [-0.15, -0.1) is 0 Å². The number of aliphatic hydroxyl groups is 1. The van der Waals surface area contributed by atoms with Crippen LogP contribution in [0.4, 0.5) is 0 Å². The third-order valence-electron chi connectivity index (χ3n) is 1.57. The van der Waals surface area contributed by atoms with Gasteiger partial charge in [0.25, 0.3) is 0 Å². The monoisotopic (exact) mass is 149 g/mol. The van der Waals surface area contributed by atoms with Crippen molar-refractivity contribution in [2.24, 2.45) is 0 Å². The molecule has 58 valence electrons. The molecule has 1 rings (SSSR count). The minimum atomic E-state index is 0.0668. The van der Waals surface area contributed by atoms with Crippen molar-refractivity contribution in [3.05, 3.63) is 35.4 Å². The molecule has 0 bridgehead atoms. The maximum Gasteiger partial charge on any atom is 0.0681 e. The second kappa shape index (κ2) is 3.30.